The van der Waals surface area contributed by atoms with Crippen molar-refractivity contribution >= 4 is 11.2 Å². The molecule has 0 aromatic rings. The van der Waals surface area contributed by atoms with Gasteiger partial charge in [-0.2, -0.15) is 0 Å². The van der Waals surface area contributed by atoms with E-state index in [0.29, 0.717) is 13.1 Å². The van der Waals surface area contributed by atoms with Crippen LogP contribution in [0.2, 0.25) is 0 Å². The van der Waals surface area contributed by atoms with Crippen LogP contribution in [0.3, 0.4) is 0 Å². The summed E-state index contributed by atoms with van der Waals surface area (Å²) in [6, 6.07) is 0. The third-order valence-electron chi connectivity index (χ3n) is 1.51. The molecule has 1 fully saturated rings. The van der Waals surface area contributed by atoms with Crippen molar-refractivity contribution in [3.8, 4) is 0 Å². The van der Waals surface area contributed by atoms with E-state index in [0.717, 1.165) is 0 Å². The Labute approximate surface area is 65.3 Å². The van der Waals surface area contributed by atoms with Crippen molar-refractivity contribution in [2.75, 3.05) is 18.8 Å². The molecule has 0 aromatic carbocycles. The summed E-state index contributed by atoms with van der Waals surface area (Å²) in [7, 11) is 0. The second-order valence-electron chi connectivity index (χ2n) is 2.48. The molecule has 1 heterocycles. The molecule has 1 aliphatic heterocycles. The highest BCUT2D eigenvalue weighted by molar-refractivity contribution is 7.92. The Morgan fingerprint density at radius 1 is 1.45 bits per heavy atom. The number of rotatable bonds is 2. The van der Waals surface area contributed by atoms with Gasteiger partial charge >= 0.3 is 5.51 Å². The van der Waals surface area contributed by atoms with Crippen molar-refractivity contribution in [3.05, 3.63) is 0 Å². The molecule has 6 heteroatoms. The fourth-order valence-electron chi connectivity index (χ4n) is 0.775. The van der Waals surface area contributed by atoms with Crippen LogP contribution in [0, 0.1) is 5.92 Å². The second-order valence-corrected chi connectivity index (χ2v) is 3.97. The van der Waals surface area contributed by atoms with Gasteiger partial charge in [-0.1, -0.05) is 0 Å². The van der Waals surface area contributed by atoms with Crippen molar-refractivity contribution in [2.45, 2.75) is 5.51 Å². The Balaban J connectivity index is 2.24. The highest BCUT2D eigenvalue weighted by atomic mass is 32.2. The molecule has 1 rings (SSSR count). The minimum absolute atomic E-state index is 0.0579. The molecule has 0 radical (unpaired) electrons. The van der Waals surface area contributed by atoms with Crippen LogP contribution >= 0.6 is 0 Å². The summed E-state index contributed by atoms with van der Waals surface area (Å²) in [6.07, 6.45) is 0. The molecular weight excluding hydrogens is 179 g/mol. The Hall–Kier alpha value is 0.0600. The summed E-state index contributed by atoms with van der Waals surface area (Å²) in [4.78, 5) is 0. The largest absolute Gasteiger partial charge is 0.609 e. The molecule has 1 aliphatic rings. The third kappa shape index (κ3) is 2.53. The summed E-state index contributed by atoms with van der Waals surface area (Å²) in [5.41, 5.74) is -4.53. The molecule has 2 nitrogen and oxygen atoms in total. The monoisotopic (exact) mass is 187 g/mol. The normalized spacial score (nSPS) is 22.9. The van der Waals surface area contributed by atoms with E-state index in [1.807, 2.05) is 0 Å². The first-order valence-electron chi connectivity index (χ1n) is 3.16. The molecule has 0 bridgehead atoms. The van der Waals surface area contributed by atoms with Gasteiger partial charge in [0.25, 0.3) is 0 Å². The van der Waals surface area contributed by atoms with E-state index in [2.05, 4.69) is 5.32 Å². The lowest BCUT2D eigenvalue weighted by molar-refractivity contribution is -0.0439. The van der Waals surface area contributed by atoms with E-state index in [1.165, 1.54) is 0 Å². The number of halogens is 3. The molecule has 66 valence electrons. The number of nitrogens with one attached hydrogen (secondary N) is 1. The van der Waals surface area contributed by atoms with E-state index in [9.17, 15) is 17.7 Å². The van der Waals surface area contributed by atoms with Gasteiger partial charge in [-0.05, 0) is 0 Å². The van der Waals surface area contributed by atoms with Crippen molar-refractivity contribution in [3.63, 3.8) is 0 Å². The fourth-order valence-corrected chi connectivity index (χ4v) is 1.63. The van der Waals surface area contributed by atoms with Gasteiger partial charge in [-0.25, -0.2) is 0 Å². The standard InChI is InChI=1S/C5H8F3NOS/c6-5(7,8)11(10)3-4-1-9-2-4/h4,9H,1-3H2. The van der Waals surface area contributed by atoms with Crippen molar-refractivity contribution < 1.29 is 17.7 Å². The average Bonchev–Trinajstić information content (AvgIpc) is 1.75. The maximum Gasteiger partial charge on any atom is 0.572 e. The summed E-state index contributed by atoms with van der Waals surface area (Å²) in [5.74, 6) is -0.311. The molecular formula is C5H8F3NOS. The van der Waals surface area contributed by atoms with Crippen LogP contribution in [-0.4, -0.2) is 28.9 Å². The minimum atomic E-state index is -4.53. The van der Waals surface area contributed by atoms with Crippen LogP contribution in [0.5, 0.6) is 0 Å². The van der Waals surface area contributed by atoms with Gasteiger partial charge in [0.15, 0.2) is 0 Å². The van der Waals surface area contributed by atoms with E-state index in [-0.39, 0.29) is 11.7 Å². The first-order chi connectivity index (χ1) is 5.00. The van der Waals surface area contributed by atoms with Crippen LogP contribution < -0.4 is 5.32 Å². The molecule has 1 saturated heterocycles. The van der Waals surface area contributed by atoms with Gasteiger partial charge in [0.05, 0.1) is 11.2 Å². The minimum Gasteiger partial charge on any atom is -0.609 e. The van der Waals surface area contributed by atoms with Crippen molar-refractivity contribution in [2.24, 2.45) is 5.92 Å². The zero-order valence-corrected chi connectivity index (χ0v) is 6.47. The number of hydrogen-bond acceptors (Lipinski definition) is 2. The molecule has 1 N–H and O–H groups in total. The van der Waals surface area contributed by atoms with Crippen LogP contribution in [0.1, 0.15) is 0 Å². The Bertz CT molecular complexity index is 136. The summed E-state index contributed by atoms with van der Waals surface area (Å²) in [6.45, 7) is 1.11. The first kappa shape index (κ1) is 9.15. The predicted octanol–water partition coefficient (Wildman–Crippen LogP) is 0.474. The van der Waals surface area contributed by atoms with E-state index in [1.54, 1.807) is 0 Å². The first-order valence-corrected chi connectivity index (χ1v) is 4.48. The molecule has 11 heavy (non-hydrogen) atoms. The van der Waals surface area contributed by atoms with E-state index in [4.69, 9.17) is 0 Å². The maximum atomic E-state index is 11.6. The van der Waals surface area contributed by atoms with Crippen LogP contribution in [0.25, 0.3) is 0 Å². The quantitative estimate of drug-likeness (QED) is 0.638. The summed E-state index contributed by atoms with van der Waals surface area (Å²) >= 11 is -2.66. The van der Waals surface area contributed by atoms with Gasteiger partial charge in [0, 0.05) is 19.0 Å². The smallest absolute Gasteiger partial charge is 0.572 e. The third-order valence-corrected chi connectivity index (χ3v) is 2.80. The van der Waals surface area contributed by atoms with Crippen LogP contribution in [0.4, 0.5) is 13.2 Å². The van der Waals surface area contributed by atoms with Crippen LogP contribution in [-0.2, 0) is 11.2 Å². The van der Waals surface area contributed by atoms with Gasteiger partial charge in [-0.15, -0.1) is 13.2 Å². The number of hydrogen-bond donors (Lipinski definition) is 1. The summed E-state index contributed by atoms with van der Waals surface area (Å²) in [5, 5.41) is 2.82. The molecule has 1 atom stereocenters. The molecule has 1 unspecified atom stereocenters. The second kappa shape index (κ2) is 3.20. The molecule has 0 amide bonds. The lowest BCUT2D eigenvalue weighted by atomic mass is 10.1. The molecule has 0 aliphatic carbocycles. The van der Waals surface area contributed by atoms with Gasteiger partial charge in [0.1, 0.15) is 5.75 Å². The zero-order chi connectivity index (χ0) is 8.48. The van der Waals surface area contributed by atoms with Gasteiger partial charge in [-0.3, -0.25) is 0 Å². The van der Waals surface area contributed by atoms with E-state index < -0.39 is 16.7 Å². The topological polar surface area (TPSA) is 35.1 Å². The predicted molar refractivity (Wildman–Crippen MR) is 35.4 cm³/mol. The van der Waals surface area contributed by atoms with E-state index >= 15 is 0 Å². The molecule has 0 spiro atoms. The van der Waals surface area contributed by atoms with Gasteiger partial charge in [0.2, 0.25) is 0 Å². The molecule has 0 saturated carbocycles. The zero-order valence-electron chi connectivity index (χ0n) is 5.65. The Morgan fingerprint density at radius 2 is 2.00 bits per heavy atom. The lowest BCUT2D eigenvalue weighted by Crippen LogP contribution is -2.47. The number of alkyl halides is 3. The Kier molecular flexibility index (Phi) is 2.66. The Morgan fingerprint density at radius 3 is 2.27 bits per heavy atom. The average molecular weight is 187 g/mol. The maximum absolute atomic E-state index is 11.6. The lowest BCUT2D eigenvalue weighted by Gasteiger charge is -2.27. The SMILES string of the molecule is [O-][S+](CC1CNC1)C(F)(F)F. The van der Waals surface area contributed by atoms with Gasteiger partial charge < -0.3 is 9.87 Å². The highest BCUT2D eigenvalue weighted by Crippen LogP contribution is 2.26. The van der Waals surface area contributed by atoms with Crippen LogP contribution in [0.15, 0.2) is 0 Å². The summed E-state index contributed by atoms with van der Waals surface area (Å²) < 4.78 is 45.4. The fraction of sp³-hybridized carbons (Fsp3) is 1.00. The van der Waals surface area contributed by atoms with Crippen molar-refractivity contribution in [1.29, 1.82) is 0 Å². The highest BCUT2D eigenvalue weighted by Gasteiger charge is 2.45. The van der Waals surface area contributed by atoms with Crippen molar-refractivity contribution in [1.82, 2.24) is 5.32 Å². The molecule has 0 aromatic heterocycles.